The quantitative estimate of drug-likeness (QED) is 0.114. The number of aliphatic hydroxyl groups is 1. The fourth-order valence-electron chi connectivity index (χ4n) is 7.63. The lowest BCUT2D eigenvalue weighted by Crippen LogP contribution is -2.67. The number of ether oxygens (including phenoxy) is 9. The van der Waals surface area contributed by atoms with Crippen LogP contribution in [0.2, 0.25) is 0 Å². The van der Waals surface area contributed by atoms with Crippen molar-refractivity contribution in [1.29, 1.82) is 1.43 Å². The average molecular weight is 809 g/mol. The normalized spacial score (nSPS) is 32.4. The Hall–Kier alpha value is -3.99. The summed E-state index contributed by atoms with van der Waals surface area (Å²) in [5, 5.41) is 5.52. The Morgan fingerprint density at radius 1 is 0.534 bits per heavy atom. The van der Waals surface area contributed by atoms with Crippen molar-refractivity contribution in [2.75, 3.05) is 13.2 Å². The van der Waals surface area contributed by atoms with Gasteiger partial charge in [-0.25, -0.2) is 0 Å². The van der Waals surface area contributed by atoms with E-state index in [2.05, 4.69) is 0 Å². The molecule has 6 unspecified atom stereocenters. The minimum Gasteiger partial charge on any atom is -0.385 e. The van der Waals surface area contributed by atoms with Gasteiger partial charge in [-0.2, -0.15) is 0 Å². The highest BCUT2D eigenvalue weighted by Crippen LogP contribution is 2.41. The van der Waals surface area contributed by atoms with Crippen molar-refractivity contribution in [2.45, 2.75) is 92.1 Å². The van der Waals surface area contributed by atoms with E-state index >= 15 is 0 Å². The van der Waals surface area contributed by atoms with Gasteiger partial charge in [-0.3, -0.25) is 4.18 Å². The summed E-state index contributed by atoms with van der Waals surface area (Å²) in [6.07, 6.45) is -9.74. The number of aliphatic hydroxyl groups excluding tert-OH is 1. The van der Waals surface area contributed by atoms with E-state index in [9.17, 15) is 0 Å². The predicted octanol–water partition coefficient (Wildman–Crippen LogP) is 7.31. The summed E-state index contributed by atoms with van der Waals surface area (Å²) in [5.74, 6) is 0. The molecule has 12 atom stereocenters. The van der Waals surface area contributed by atoms with Gasteiger partial charge in [0.15, 0.2) is 25.2 Å². The van der Waals surface area contributed by atoms with Crippen molar-refractivity contribution < 1.29 is 51.9 Å². The maximum absolute atomic E-state index is 8.47. The second kappa shape index (κ2) is 18.9. The molecule has 0 aromatic heterocycles. The molecule has 0 spiro atoms. The fourth-order valence-corrected chi connectivity index (χ4v) is 8.26. The maximum Gasteiger partial charge on any atom is 0.211 e. The van der Waals surface area contributed by atoms with Crippen LogP contribution >= 0.6 is 12.0 Å². The molecule has 0 radical (unpaired) electrons. The molecule has 9 rings (SSSR count). The molecule has 4 aliphatic heterocycles. The smallest absolute Gasteiger partial charge is 0.211 e. The Morgan fingerprint density at radius 3 is 1.53 bits per heavy atom. The maximum atomic E-state index is 8.47. The highest BCUT2D eigenvalue weighted by Gasteiger charge is 2.56. The first-order valence-corrected chi connectivity index (χ1v) is 20.4. The third-order valence-electron chi connectivity index (χ3n) is 10.6. The molecule has 4 fully saturated rings. The fraction of sp³-hybridized carbons (Fsp3) is 0.348. The highest BCUT2D eigenvalue weighted by atomic mass is 32.2. The molecular weight excluding hydrogens is 761 g/mol. The molecule has 302 valence electrons. The van der Waals surface area contributed by atoms with Crippen LogP contribution in [0.1, 0.15) is 34.8 Å². The first kappa shape index (κ1) is 38.2. The number of fused-ring (bicyclic) bond motifs is 2. The zero-order valence-electron chi connectivity index (χ0n) is 32.6. The molecule has 4 heterocycles. The van der Waals surface area contributed by atoms with Gasteiger partial charge in [-0.05, 0) is 23.3 Å². The standard InChI is InChI=1S/C46H46O11S/c47-37-40(48-26-30-16-6-1-7-17-30)38-35(28-50-43(54-38)32-20-10-3-11-21-32)52-45(37)56-42-41(49-27-31-18-8-2-9-19-31)39-36(29-51-44(55-39)33-22-12-4-13-23-33)53-46(42)57-58-34-24-14-5-15-25-34/h1-25,35-47H,26-29H2/t35?,36?,37?,38-,39-,40-,41+,42?,43?,44?,45+,46+/m1/s1/i47T. The van der Waals surface area contributed by atoms with Gasteiger partial charge >= 0.3 is 0 Å². The van der Waals surface area contributed by atoms with E-state index in [0.29, 0.717) is 0 Å². The zero-order valence-corrected chi connectivity index (χ0v) is 32.4. The van der Waals surface area contributed by atoms with Crippen LogP contribution in [0, 0.1) is 0 Å². The van der Waals surface area contributed by atoms with E-state index in [4.69, 9.17) is 53.4 Å². The van der Waals surface area contributed by atoms with Crippen LogP contribution in [0.15, 0.2) is 157 Å². The second-order valence-electron chi connectivity index (χ2n) is 14.5. The van der Waals surface area contributed by atoms with E-state index < -0.39 is 74.0 Å². The van der Waals surface area contributed by atoms with E-state index in [1.807, 2.05) is 152 Å². The molecule has 5 aromatic carbocycles. The third kappa shape index (κ3) is 9.24. The SMILES string of the molecule is [3H]OC1[C@H](OC2[C@H](OSc3ccccc3)OC3COC(c4ccccc4)O[C@H]3[C@@H]2OCc2ccccc2)OC2COC(c3ccccc3)O[C@H]2[C@@H]1OCc1ccccc1. The van der Waals surface area contributed by atoms with Crippen LogP contribution in [-0.4, -0.2) is 81.2 Å². The van der Waals surface area contributed by atoms with Gasteiger partial charge in [0.25, 0.3) is 0 Å². The summed E-state index contributed by atoms with van der Waals surface area (Å²) in [7, 11) is 0. The first-order valence-electron chi connectivity index (χ1n) is 20.0. The third-order valence-corrected chi connectivity index (χ3v) is 11.3. The summed E-state index contributed by atoms with van der Waals surface area (Å²) in [5.41, 5.74) is 3.61. The minimum atomic E-state index is -1.18. The number of hydrogen-bond acceptors (Lipinski definition) is 12. The first-order chi connectivity index (χ1) is 29.2. The molecule has 0 bridgehead atoms. The number of rotatable bonds is 14. The van der Waals surface area contributed by atoms with Crippen LogP contribution in [0.25, 0.3) is 0 Å². The summed E-state index contributed by atoms with van der Waals surface area (Å²) < 4.78 is 74.6. The highest BCUT2D eigenvalue weighted by molar-refractivity contribution is 7.94. The number of hydrogen-bond donors (Lipinski definition) is 1. The van der Waals surface area contributed by atoms with E-state index in [1.165, 1.54) is 0 Å². The Labute approximate surface area is 343 Å². The Bertz CT molecular complexity index is 2010. The van der Waals surface area contributed by atoms with Gasteiger partial charge in [-0.1, -0.05) is 140 Å². The van der Waals surface area contributed by atoms with E-state index in [0.717, 1.165) is 39.2 Å². The minimum absolute atomic E-state index is 0.169. The van der Waals surface area contributed by atoms with Crippen molar-refractivity contribution in [3.05, 3.63) is 174 Å². The molecular formula is C46H46O11S. The molecule has 11 nitrogen and oxygen atoms in total. The monoisotopic (exact) mass is 808 g/mol. The van der Waals surface area contributed by atoms with Crippen molar-refractivity contribution in [3.63, 3.8) is 0 Å². The molecule has 4 saturated heterocycles. The van der Waals surface area contributed by atoms with Crippen molar-refractivity contribution >= 4 is 12.0 Å². The Kier molecular flexibility index (Phi) is 12.5. The lowest BCUT2D eigenvalue weighted by Gasteiger charge is -2.51. The van der Waals surface area contributed by atoms with Crippen LogP contribution in [0.4, 0.5) is 0 Å². The summed E-state index contributed by atoms with van der Waals surface area (Å²) >= 11 is 1.16. The van der Waals surface area contributed by atoms with Gasteiger partial charge in [0.05, 0.1) is 26.4 Å². The Morgan fingerprint density at radius 2 is 1.00 bits per heavy atom. The molecule has 5 aromatic rings. The summed E-state index contributed by atoms with van der Waals surface area (Å²) in [6, 6.07) is 48.8. The van der Waals surface area contributed by atoms with Crippen molar-refractivity contribution in [3.8, 4) is 0 Å². The molecule has 12 heteroatoms. The van der Waals surface area contributed by atoms with Crippen LogP contribution < -0.4 is 0 Å². The van der Waals surface area contributed by atoms with E-state index in [1.54, 1.807) is 0 Å². The largest absolute Gasteiger partial charge is 0.385 e. The topological polar surface area (TPSA) is 113 Å². The van der Waals surface area contributed by atoms with Crippen LogP contribution in [-0.2, 0) is 60.0 Å². The molecule has 4 aliphatic rings. The predicted molar refractivity (Wildman–Crippen MR) is 212 cm³/mol. The lowest BCUT2D eigenvalue weighted by molar-refractivity contribution is -0.403. The molecule has 58 heavy (non-hydrogen) atoms. The second-order valence-corrected chi connectivity index (χ2v) is 15.4. The lowest BCUT2D eigenvalue weighted by atomic mass is 9.95. The van der Waals surface area contributed by atoms with Gasteiger partial charge < -0.3 is 47.7 Å². The van der Waals surface area contributed by atoms with Crippen LogP contribution in [0.3, 0.4) is 0 Å². The molecule has 1 N–H and O–H groups in total. The molecule has 0 saturated carbocycles. The number of benzene rings is 5. The summed E-state index contributed by atoms with van der Waals surface area (Å²) in [6.45, 7) is 0.859. The summed E-state index contributed by atoms with van der Waals surface area (Å²) in [4.78, 5) is 0.863. The van der Waals surface area contributed by atoms with Crippen LogP contribution in [0.5, 0.6) is 0 Å². The zero-order chi connectivity index (χ0) is 39.8. The molecule has 0 aliphatic carbocycles. The average Bonchev–Trinajstić information content (AvgIpc) is 3.31. The van der Waals surface area contributed by atoms with Gasteiger partial charge in [0.1, 0.15) is 48.8 Å². The van der Waals surface area contributed by atoms with Gasteiger partial charge in [0.2, 0.25) is 1.43 Å². The van der Waals surface area contributed by atoms with E-state index in [-0.39, 0.29) is 26.4 Å². The van der Waals surface area contributed by atoms with Crippen molar-refractivity contribution in [1.82, 2.24) is 0 Å². The molecule has 0 amide bonds. The van der Waals surface area contributed by atoms with Gasteiger partial charge in [0, 0.05) is 28.1 Å². The van der Waals surface area contributed by atoms with Crippen molar-refractivity contribution in [2.24, 2.45) is 0 Å². The Balaban J connectivity index is 1.04. The van der Waals surface area contributed by atoms with Gasteiger partial charge in [-0.15, -0.1) is 0 Å².